The Hall–Kier alpha value is -5.10. The second-order valence-electron chi connectivity index (χ2n) is 12.9. The van der Waals surface area contributed by atoms with Gasteiger partial charge in [-0.15, -0.1) is 0 Å². The lowest BCUT2D eigenvalue weighted by atomic mass is 10.0. The predicted octanol–water partition coefficient (Wildman–Crippen LogP) is 3.52. The van der Waals surface area contributed by atoms with Gasteiger partial charge in [0.05, 0.1) is 24.7 Å². The summed E-state index contributed by atoms with van der Waals surface area (Å²) >= 11 is 5.94. The number of carbonyl (C=O) groups excluding carboxylic acids is 5. The summed E-state index contributed by atoms with van der Waals surface area (Å²) in [6.07, 6.45) is 0.517. The van der Waals surface area contributed by atoms with Gasteiger partial charge in [0.1, 0.15) is 36.8 Å². The van der Waals surface area contributed by atoms with E-state index >= 15 is 0 Å². The monoisotopic (exact) mass is 719 g/mol. The Morgan fingerprint density at radius 1 is 0.941 bits per heavy atom. The van der Waals surface area contributed by atoms with E-state index in [1.807, 2.05) is 44.2 Å². The molecule has 0 spiro atoms. The first-order chi connectivity index (χ1) is 24.5. The number of amides is 5. The summed E-state index contributed by atoms with van der Waals surface area (Å²) in [7, 11) is 1.52. The fourth-order valence-corrected chi connectivity index (χ4v) is 5.76. The summed E-state index contributed by atoms with van der Waals surface area (Å²) in [5.41, 5.74) is 1.00. The quantitative estimate of drug-likeness (QED) is 0.247. The van der Waals surface area contributed by atoms with E-state index in [1.54, 1.807) is 48.5 Å². The molecule has 4 rings (SSSR count). The van der Waals surface area contributed by atoms with Crippen molar-refractivity contribution in [3.05, 3.63) is 95.0 Å². The lowest BCUT2D eigenvalue weighted by molar-refractivity contribution is -0.138. The van der Waals surface area contributed by atoms with Crippen molar-refractivity contribution in [2.75, 3.05) is 33.4 Å². The van der Waals surface area contributed by atoms with E-state index in [4.69, 9.17) is 21.1 Å². The number of halogens is 1. The van der Waals surface area contributed by atoms with Crippen LogP contribution in [0.1, 0.15) is 49.0 Å². The van der Waals surface area contributed by atoms with Crippen LogP contribution in [0.4, 0.5) is 0 Å². The third-order valence-corrected chi connectivity index (χ3v) is 8.38. The van der Waals surface area contributed by atoms with Gasteiger partial charge in [-0.2, -0.15) is 0 Å². The maximum Gasteiger partial charge on any atom is 0.255 e. The lowest BCUT2D eigenvalue weighted by Gasteiger charge is -2.27. The number of hydrogen-bond acceptors (Lipinski definition) is 7. The highest BCUT2D eigenvalue weighted by atomic mass is 35.5. The van der Waals surface area contributed by atoms with Gasteiger partial charge in [0.15, 0.2) is 0 Å². The van der Waals surface area contributed by atoms with E-state index in [0.717, 1.165) is 5.56 Å². The van der Waals surface area contributed by atoms with E-state index < -0.39 is 41.8 Å². The van der Waals surface area contributed by atoms with Gasteiger partial charge in [-0.25, -0.2) is 0 Å². The summed E-state index contributed by atoms with van der Waals surface area (Å²) in [6, 6.07) is 20.1. The van der Waals surface area contributed by atoms with E-state index in [0.29, 0.717) is 17.2 Å². The molecule has 1 aliphatic heterocycles. The van der Waals surface area contributed by atoms with Crippen LogP contribution in [-0.2, 0) is 25.6 Å². The lowest BCUT2D eigenvalue weighted by Crippen LogP contribution is -2.52. The van der Waals surface area contributed by atoms with Gasteiger partial charge in [-0.05, 0) is 60.7 Å². The average Bonchev–Trinajstić information content (AvgIpc) is 3.10. The Kier molecular flexibility index (Phi) is 14.7. The van der Waals surface area contributed by atoms with Crippen molar-refractivity contribution in [2.24, 2.45) is 5.92 Å². The van der Waals surface area contributed by atoms with Gasteiger partial charge in [0.2, 0.25) is 23.6 Å². The number of ether oxygens (including phenoxy) is 2. The molecule has 12 nitrogen and oxygen atoms in total. The van der Waals surface area contributed by atoms with Crippen molar-refractivity contribution in [1.82, 2.24) is 26.2 Å². The number of benzene rings is 3. The third kappa shape index (κ3) is 12.6. The van der Waals surface area contributed by atoms with Crippen molar-refractivity contribution < 1.29 is 33.4 Å². The summed E-state index contributed by atoms with van der Waals surface area (Å²) in [5.74, 6) is -1.37. The molecule has 272 valence electrons. The maximum absolute atomic E-state index is 13.7. The summed E-state index contributed by atoms with van der Waals surface area (Å²) < 4.78 is 11.8. The average molecular weight is 720 g/mol. The van der Waals surface area contributed by atoms with Crippen LogP contribution in [0, 0.1) is 5.92 Å². The number of fused-ring (bicyclic) bond motifs is 1. The zero-order valence-electron chi connectivity index (χ0n) is 29.2. The van der Waals surface area contributed by atoms with Gasteiger partial charge in [0, 0.05) is 24.9 Å². The molecule has 1 aliphatic rings. The Bertz CT molecular complexity index is 1640. The first-order valence-electron chi connectivity index (χ1n) is 17.0. The minimum Gasteiger partial charge on any atom is -0.492 e. The fraction of sp³-hybridized carbons (Fsp3) is 0.395. The van der Waals surface area contributed by atoms with Gasteiger partial charge in [0.25, 0.3) is 5.91 Å². The number of para-hydroxylation sites is 1. The number of rotatable bonds is 9. The van der Waals surface area contributed by atoms with Gasteiger partial charge in [-0.1, -0.05) is 67.9 Å². The van der Waals surface area contributed by atoms with Crippen LogP contribution in [0.3, 0.4) is 0 Å². The zero-order valence-corrected chi connectivity index (χ0v) is 29.9. The Morgan fingerprint density at radius 3 is 2.37 bits per heavy atom. The molecule has 3 aromatic carbocycles. The minimum atomic E-state index is -1.11. The molecule has 0 bridgehead atoms. The molecular weight excluding hydrogens is 674 g/mol. The predicted molar refractivity (Wildman–Crippen MR) is 193 cm³/mol. The molecule has 0 fully saturated rings. The Morgan fingerprint density at radius 2 is 1.65 bits per heavy atom. The standard InChI is InChI=1S/C38H46ClN5O7/c1-25(2)21-28-24-51-33-12-8-7-11-30(33)36(47)43-31(37(48)40-19-20-50-29-15-13-27(39)14-16-29)17-18-34(45)42-32(22-26-9-5-4-6-10-26)38(49)44(3)23-35(46)41-28/h4-16,25,28,31-32H,17-24H2,1-3H3,(H,40,48)(H,41,46)(H,42,45)(H,43,47)/t28-,31-,32-/m0/s1. The van der Waals surface area contributed by atoms with Crippen LogP contribution >= 0.6 is 11.6 Å². The van der Waals surface area contributed by atoms with Crippen molar-refractivity contribution in [1.29, 1.82) is 0 Å². The second kappa shape index (κ2) is 19.3. The number of nitrogens with one attached hydrogen (secondary N) is 4. The number of hydrogen-bond donors (Lipinski definition) is 4. The molecule has 0 unspecified atom stereocenters. The summed E-state index contributed by atoms with van der Waals surface area (Å²) in [4.78, 5) is 68.6. The molecule has 13 heteroatoms. The summed E-state index contributed by atoms with van der Waals surface area (Å²) in [6.45, 7) is 4.13. The molecule has 0 aliphatic carbocycles. The molecule has 0 saturated carbocycles. The first kappa shape index (κ1) is 38.7. The molecule has 3 aromatic rings. The highest BCUT2D eigenvalue weighted by molar-refractivity contribution is 6.30. The van der Waals surface area contributed by atoms with Crippen LogP contribution in [0.5, 0.6) is 11.5 Å². The van der Waals surface area contributed by atoms with Gasteiger partial charge in [-0.3, -0.25) is 24.0 Å². The molecule has 0 saturated heterocycles. The molecule has 4 N–H and O–H groups in total. The van der Waals surface area contributed by atoms with Gasteiger partial charge < -0.3 is 35.6 Å². The van der Waals surface area contributed by atoms with E-state index in [9.17, 15) is 24.0 Å². The molecule has 51 heavy (non-hydrogen) atoms. The molecule has 5 amide bonds. The Balaban J connectivity index is 1.57. The molecule has 3 atom stereocenters. The number of nitrogens with zero attached hydrogens (tertiary/aromatic N) is 1. The SMILES string of the molecule is CC(C)C[C@H]1COc2ccccc2C(=O)N[C@H](C(=O)NCCOc2ccc(Cl)cc2)CCC(=O)N[C@@H](Cc2ccccc2)C(=O)N(C)CC(=O)N1. The van der Waals surface area contributed by atoms with E-state index in [1.165, 1.54) is 11.9 Å². The number of carbonyl (C=O) groups is 5. The molecular formula is C38H46ClN5O7. The molecule has 1 heterocycles. The van der Waals surface area contributed by atoms with Crippen molar-refractivity contribution in [3.8, 4) is 11.5 Å². The third-order valence-electron chi connectivity index (χ3n) is 8.13. The van der Waals surface area contributed by atoms with Gasteiger partial charge >= 0.3 is 0 Å². The highest BCUT2D eigenvalue weighted by Gasteiger charge is 2.29. The topological polar surface area (TPSA) is 155 Å². The van der Waals surface area contributed by atoms with Crippen LogP contribution < -0.4 is 30.7 Å². The van der Waals surface area contributed by atoms with Crippen molar-refractivity contribution in [2.45, 2.75) is 57.7 Å². The smallest absolute Gasteiger partial charge is 0.255 e. The second-order valence-corrected chi connectivity index (χ2v) is 13.3. The molecule has 0 aromatic heterocycles. The first-order valence-corrected chi connectivity index (χ1v) is 17.4. The van der Waals surface area contributed by atoms with Crippen molar-refractivity contribution >= 4 is 41.1 Å². The van der Waals surface area contributed by atoms with E-state index in [2.05, 4.69) is 21.3 Å². The van der Waals surface area contributed by atoms with Crippen LogP contribution in [0.2, 0.25) is 5.02 Å². The fourth-order valence-electron chi connectivity index (χ4n) is 5.63. The zero-order chi connectivity index (χ0) is 36.8. The highest BCUT2D eigenvalue weighted by Crippen LogP contribution is 2.20. The maximum atomic E-state index is 13.7. The normalized spacial score (nSPS) is 19.4. The minimum absolute atomic E-state index is 0.0641. The van der Waals surface area contributed by atoms with E-state index in [-0.39, 0.29) is 68.7 Å². The summed E-state index contributed by atoms with van der Waals surface area (Å²) in [5, 5.41) is 11.9. The largest absolute Gasteiger partial charge is 0.492 e. The van der Waals surface area contributed by atoms with Crippen molar-refractivity contribution in [3.63, 3.8) is 0 Å². The number of likely N-dealkylation sites (N-methyl/N-ethyl adjacent to an activating group) is 1. The van der Waals surface area contributed by atoms with Crippen LogP contribution in [-0.4, -0.2) is 85.9 Å². The van der Waals surface area contributed by atoms with Crippen LogP contribution in [0.25, 0.3) is 0 Å². The molecule has 0 radical (unpaired) electrons. The van der Waals surface area contributed by atoms with Crippen LogP contribution in [0.15, 0.2) is 78.9 Å². The Labute approximate surface area is 303 Å².